The fraction of sp³-hybridized carbons (Fsp3) is 0.647. The van der Waals surface area contributed by atoms with E-state index in [1.807, 2.05) is 24.3 Å². The monoisotopic (exact) mass is 275 g/mol. The smallest absolute Gasteiger partial charge is 0.119 e. The highest BCUT2D eigenvalue weighted by molar-refractivity contribution is 5.29. The predicted octanol–water partition coefficient (Wildman–Crippen LogP) is 3.04. The maximum Gasteiger partial charge on any atom is 0.119 e. The summed E-state index contributed by atoms with van der Waals surface area (Å²) in [7, 11) is 0. The molecule has 1 aromatic rings. The van der Waals surface area contributed by atoms with Crippen molar-refractivity contribution < 1.29 is 9.84 Å². The van der Waals surface area contributed by atoms with E-state index < -0.39 is 0 Å². The van der Waals surface area contributed by atoms with Gasteiger partial charge in [-0.25, -0.2) is 0 Å². The zero-order valence-electron chi connectivity index (χ0n) is 12.1. The normalized spacial score (nSPS) is 22.9. The Bertz CT molecular complexity index is 406. The molecule has 2 N–H and O–H groups in total. The quantitative estimate of drug-likeness (QED) is 0.887. The Morgan fingerprint density at radius 3 is 2.30 bits per heavy atom. The first-order chi connectivity index (χ1) is 9.83. The summed E-state index contributed by atoms with van der Waals surface area (Å²) in [6.07, 6.45) is 7.11. The lowest BCUT2D eigenvalue weighted by atomic mass is 9.88. The van der Waals surface area contributed by atoms with Crippen LogP contribution in [-0.4, -0.2) is 24.3 Å². The van der Waals surface area contributed by atoms with Crippen molar-refractivity contribution in [3.8, 4) is 5.75 Å². The highest BCUT2D eigenvalue weighted by Crippen LogP contribution is 2.30. The molecule has 2 aliphatic rings. The van der Waals surface area contributed by atoms with Crippen LogP contribution < -0.4 is 10.1 Å². The lowest BCUT2D eigenvalue weighted by Crippen LogP contribution is -2.30. The van der Waals surface area contributed by atoms with Crippen molar-refractivity contribution in [1.29, 1.82) is 0 Å². The van der Waals surface area contributed by atoms with E-state index in [0.717, 1.165) is 37.2 Å². The van der Waals surface area contributed by atoms with Crippen molar-refractivity contribution in [3.05, 3.63) is 29.8 Å². The van der Waals surface area contributed by atoms with Crippen LogP contribution in [-0.2, 0) is 0 Å². The fourth-order valence-electron chi connectivity index (χ4n) is 3.37. The van der Waals surface area contributed by atoms with Gasteiger partial charge in [0.2, 0.25) is 0 Å². The minimum Gasteiger partial charge on any atom is -0.490 e. The molecule has 3 nitrogen and oxygen atoms in total. The van der Waals surface area contributed by atoms with Crippen molar-refractivity contribution in [2.24, 2.45) is 5.92 Å². The maximum absolute atomic E-state index is 10.5. The summed E-state index contributed by atoms with van der Waals surface area (Å²) < 4.78 is 5.96. The lowest BCUT2D eigenvalue weighted by Gasteiger charge is -2.27. The number of piperidine rings is 1. The second kappa shape index (κ2) is 6.59. The van der Waals surface area contributed by atoms with Crippen LogP contribution >= 0.6 is 0 Å². The van der Waals surface area contributed by atoms with Crippen molar-refractivity contribution in [2.45, 2.75) is 50.7 Å². The number of hydrogen-bond acceptors (Lipinski definition) is 3. The zero-order valence-corrected chi connectivity index (χ0v) is 12.1. The van der Waals surface area contributed by atoms with Gasteiger partial charge in [0.25, 0.3) is 0 Å². The summed E-state index contributed by atoms with van der Waals surface area (Å²) in [6, 6.07) is 8.07. The van der Waals surface area contributed by atoms with Crippen LogP contribution in [0.3, 0.4) is 0 Å². The van der Waals surface area contributed by atoms with E-state index in [9.17, 15) is 5.11 Å². The van der Waals surface area contributed by atoms with Gasteiger partial charge in [0, 0.05) is 0 Å². The average Bonchev–Trinajstić information content (AvgIpc) is 3.01. The Labute approximate surface area is 121 Å². The molecule has 0 spiro atoms. The van der Waals surface area contributed by atoms with Gasteiger partial charge < -0.3 is 15.2 Å². The predicted molar refractivity (Wildman–Crippen MR) is 79.9 cm³/mol. The van der Waals surface area contributed by atoms with Gasteiger partial charge in [-0.15, -0.1) is 0 Å². The van der Waals surface area contributed by atoms with E-state index in [0.29, 0.717) is 12.0 Å². The number of nitrogens with one attached hydrogen (secondary N) is 1. The Hall–Kier alpha value is -1.06. The van der Waals surface area contributed by atoms with Crippen LogP contribution in [0.5, 0.6) is 5.75 Å². The molecule has 1 saturated heterocycles. The van der Waals surface area contributed by atoms with E-state index >= 15 is 0 Å². The molecule has 20 heavy (non-hydrogen) atoms. The molecular formula is C17H25NO2. The molecule has 1 aromatic carbocycles. The Balaban J connectivity index is 1.59. The zero-order chi connectivity index (χ0) is 13.8. The van der Waals surface area contributed by atoms with Crippen LogP contribution in [0.25, 0.3) is 0 Å². The maximum atomic E-state index is 10.5. The second-order valence-electron chi connectivity index (χ2n) is 6.13. The van der Waals surface area contributed by atoms with Crippen molar-refractivity contribution >= 4 is 0 Å². The van der Waals surface area contributed by atoms with Gasteiger partial charge in [0.15, 0.2) is 0 Å². The third-order valence-electron chi connectivity index (χ3n) is 4.66. The highest BCUT2D eigenvalue weighted by Gasteiger charge is 2.23. The minimum atomic E-state index is -0.336. The molecular weight excluding hydrogens is 250 g/mol. The lowest BCUT2D eigenvalue weighted by molar-refractivity contribution is 0.0888. The highest BCUT2D eigenvalue weighted by atomic mass is 16.5. The summed E-state index contributed by atoms with van der Waals surface area (Å²) in [5, 5.41) is 13.8. The molecule has 0 radical (unpaired) electrons. The summed E-state index contributed by atoms with van der Waals surface area (Å²) >= 11 is 0. The first-order valence-electron chi connectivity index (χ1n) is 7.98. The molecule has 1 saturated carbocycles. The van der Waals surface area contributed by atoms with Gasteiger partial charge in [0.05, 0.1) is 12.2 Å². The van der Waals surface area contributed by atoms with Crippen LogP contribution in [0, 0.1) is 5.92 Å². The van der Waals surface area contributed by atoms with E-state index in [-0.39, 0.29) is 6.10 Å². The number of benzene rings is 1. The molecule has 1 aliphatic heterocycles. The van der Waals surface area contributed by atoms with Crippen molar-refractivity contribution in [2.75, 3.05) is 13.1 Å². The third-order valence-corrected chi connectivity index (χ3v) is 4.66. The van der Waals surface area contributed by atoms with E-state index in [2.05, 4.69) is 5.32 Å². The largest absolute Gasteiger partial charge is 0.490 e. The molecule has 0 amide bonds. The van der Waals surface area contributed by atoms with Crippen LogP contribution in [0.1, 0.15) is 50.2 Å². The van der Waals surface area contributed by atoms with E-state index in [1.165, 1.54) is 25.7 Å². The SMILES string of the molecule is OC(c1ccc(OC2CCCC2)cc1)C1CCNCC1. The summed E-state index contributed by atoms with van der Waals surface area (Å²) in [4.78, 5) is 0. The molecule has 1 unspecified atom stereocenters. The second-order valence-corrected chi connectivity index (χ2v) is 6.13. The standard InChI is InChI=1S/C17H25NO2/c19-17(14-9-11-18-12-10-14)13-5-7-16(8-6-13)20-15-3-1-2-4-15/h5-8,14-15,17-19H,1-4,9-12H2. The van der Waals surface area contributed by atoms with Gasteiger partial charge in [0.1, 0.15) is 5.75 Å². The summed E-state index contributed by atoms with van der Waals surface area (Å²) in [5.41, 5.74) is 1.02. The Morgan fingerprint density at radius 2 is 1.65 bits per heavy atom. The van der Waals surface area contributed by atoms with Gasteiger partial charge in [-0.1, -0.05) is 12.1 Å². The molecule has 3 heteroatoms. The molecule has 1 atom stereocenters. The van der Waals surface area contributed by atoms with E-state index in [1.54, 1.807) is 0 Å². The van der Waals surface area contributed by atoms with Gasteiger partial charge in [-0.3, -0.25) is 0 Å². The summed E-state index contributed by atoms with van der Waals surface area (Å²) in [5.74, 6) is 1.33. The number of ether oxygens (including phenoxy) is 1. The third kappa shape index (κ3) is 3.33. The minimum absolute atomic E-state index is 0.336. The van der Waals surface area contributed by atoms with Crippen LogP contribution in [0.4, 0.5) is 0 Å². The topological polar surface area (TPSA) is 41.5 Å². The van der Waals surface area contributed by atoms with Gasteiger partial charge in [-0.2, -0.15) is 0 Å². The number of hydrogen-bond donors (Lipinski definition) is 2. The van der Waals surface area contributed by atoms with Crippen LogP contribution in [0.2, 0.25) is 0 Å². The van der Waals surface area contributed by atoms with Gasteiger partial charge in [-0.05, 0) is 75.2 Å². The molecule has 1 aliphatic carbocycles. The molecule has 0 bridgehead atoms. The van der Waals surface area contributed by atoms with Crippen LogP contribution in [0.15, 0.2) is 24.3 Å². The Morgan fingerprint density at radius 1 is 1.00 bits per heavy atom. The number of rotatable bonds is 4. The van der Waals surface area contributed by atoms with Crippen molar-refractivity contribution in [1.82, 2.24) is 5.32 Å². The number of aliphatic hydroxyl groups excluding tert-OH is 1. The molecule has 1 heterocycles. The summed E-state index contributed by atoms with van der Waals surface area (Å²) in [6.45, 7) is 2.04. The Kier molecular flexibility index (Phi) is 4.58. The molecule has 3 rings (SSSR count). The average molecular weight is 275 g/mol. The first-order valence-corrected chi connectivity index (χ1v) is 7.98. The van der Waals surface area contributed by atoms with E-state index in [4.69, 9.17) is 4.74 Å². The number of aliphatic hydroxyl groups is 1. The fourth-order valence-corrected chi connectivity index (χ4v) is 3.37. The molecule has 110 valence electrons. The van der Waals surface area contributed by atoms with Gasteiger partial charge >= 0.3 is 0 Å². The molecule has 2 fully saturated rings. The van der Waals surface area contributed by atoms with Crippen molar-refractivity contribution in [3.63, 3.8) is 0 Å². The molecule has 0 aromatic heterocycles. The first kappa shape index (κ1) is 13.9.